The van der Waals surface area contributed by atoms with Crippen molar-refractivity contribution in [3.05, 3.63) is 53.6 Å². The molecule has 2 aliphatic rings. The molecule has 1 fully saturated rings. The molecule has 0 spiro atoms. The highest BCUT2D eigenvalue weighted by Crippen LogP contribution is 2.49. The number of likely N-dealkylation sites (N-methyl/N-ethyl adjacent to an activating group) is 1. The van der Waals surface area contributed by atoms with Gasteiger partial charge in [0.1, 0.15) is 5.75 Å². The highest BCUT2D eigenvalue weighted by Gasteiger charge is 2.44. The number of carbonyl (C=O) groups excluding carboxylic acids is 2. The van der Waals surface area contributed by atoms with E-state index in [-0.39, 0.29) is 24.3 Å². The van der Waals surface area contributed by atoms with Gasteiger partial charge in [0.15, 0.2) is 6.61 Å². The number of ether oxygens (including phenoxy) is 1. The van der Waals surface area contributed by atoms with Gasteiger partial charge < -0.3 is 15.0 Å². The molecule has 25 heavy (non-hydrogen) atoms. The van der Waals surface area contributed by atoms with Crippen LogP contribution in [0.15, 0.2) is 42.5 Å². The lowest BCUT2D eigenvalue weighted by Crippen LogP contribution is -2.35. The number of amides is 2. The number of hydrogen-bond acceptors (Lipinski definition) is 3. The van der Waals surface area contributed by atoms with E-state index in [9.17, 15) is 9.59 Å². The molecule has 1 N–H and O–H groups in total. The summed E-state index contributed by atoms with van der Waals surface area (Å²) >= 11 is 0. The number of anilines is 2. The first-order valence-electron chi connectivity index (χ1n) is 8.44. The monoisotopic (exact) mass is 336 g/mol. The van der Waals surface area contributed by atoms with Crippen LogP contribution in [0.1, 0.15) is 23.5 Å². The highest BCUT2D eigenvalue weighted by molar-refractivity contribution is 6.00. The summed E-state index contributed by atoms with van der Waals surface area (Å²) in [7, 11) is 1.71. The van der Waals surface area contributed by atoms with E-state index in [0.717, 1.165) is 6.42 Å². The van der Waals surface area contributed by atoms with Gasteiger partial charge in [0, 0.05) is 18.7 Å². The van der Waals surface area contributed by atoms with E-state index in [0.29, 0.717) is 23.0 Å². The van der Waals surface area contributed by atoms with Crippen molar-refractivity contribution in [2.24, 2.45) is 5.92 Å². The minimum absolute atomic E-state index is 0.00717. The Bertz CT molecular complexity index is 862. The topological polar surface area (TPSA) is 58.6 Å². The summed E-state index contributed by atoms with van der Waals surface area (Å²) in [5, 5.41) is 2.98. The molecule has 0 bridgehead atoms. The lowest BCUT2D eigenvalue weighted by Gasteiger charge is -2.26. The van der Waals surface area contributed by atoms with Gasteiger partial charge in [-0.2, -0.15) is 0 Å². The minimum atomic E-state index is -0.0993. The van der Waals surface area contributed by atoms with Gasteiger partial charge >= 0.3 is 0 Å². The number of fused-ring (bicyclic) bond motifs is 1. The zero-order chi connectivity index (χ0) is 17.6. The minimum Gasteiger partial charge on any atom is -0.482 e. The normalized spacial score (nSPS) is 21.4. The van der Waals surface area contributed by atoms with Crippen molar-refractivity contribution >= 4 is 23.2 Å². The van der Waals surface area contributed by atoms with Crippen molar-refractivity contribution in [1.29, 1.82) is 0 Å². The van der Waals surface area contributed by atoms with Crippen LogP contribution in [0.4, 0.5) is 11.4 Å². The Hall–Kier alpha value is -2.82. The quantitative estimate of drug-likeness (QED) is 0.937. The van der Waals surface area contributed by atoms with E-state index < -0.39 is 0 Å². The van der Waals surface area contributed by atoms with Crippen LogP contribution in [0.5, 0.6) is 5.75 Å². The predicted octanol–water partition coefficient (Wildman–Crippen LogP) is 3.09. The standard InChI is InChI=1S/C20H20N2O3/c1-12-5-3-4-6-14(12)15-10-16(15)20(24)21-13-7-8-18-17(9-13)22(2)19(23)11-25-18/h3-9,15-16H,10-11H2,1-2H3,(H,21,24)/t15-,16-/m1/s1. The lowest BCUT2D eigenvalue weighted by molar-refractivity contribution is -0.121. The molecule has 0 saturated heterocycles. The molecule has 0 aromatic heterocycles. The second kappa shape index (κ2) is 5.92. The Morgan fingerprint density at radius 2 is 2.04 bits per heavy atom. The van der Waals surface area contributed by atoms with E-state index >= 15 is 0 Å². The van der Waals surface area contributed by atoms with Gasteiger partial charge in [-0.25, -0.2) is 0 Å². The third-order valence-electron chi connectivity index (χ3n) is 5.03. The van der Waals surface area contributed by atoms with E-state index in [2.05, 4.69) is 24.4 Å². The fourth-order valence-electron chi connectivity index (χ4n) is 3.42. The molecule has 2 amide bonds. The Morgan fingerprint density at radius 3 is 2.84 bits per heavy atom. The van der Waals surface area contributed by atoms with Crippen molar-refractivity contribution in [2.75, 3.05) is 23.9 Å². The van der Waals surface area contributed by atoms with E-state index in [1.807, 2.05) is 18.2 Å². The summed E-state index contributed by atoms with van der Waals surface area (Å²) < 4.78 is 5.41. The number of nitrogens with zero attached hydrogens (tertiary/aromatic N) is 1. The molecule has 1 aliphatic heterocycles. The Labute approximate surface area is 146 Å². The average molecular weight is 336 g/mol. The van der Waals surface area contributed by atoms with E-state index in [4.69, 9.17) is 4.74 Å². The third kappa shape index (κ3) is 2.86. The van der Waals surface area contributed by atoms with Crippen LogP contribution in [-0.4, -0.2) is 25.5 Å². The van der Waals surface area contributed by atoms with Crippen LogP contribution in [-0.2, 0) is 9.59 Å². The van der Waals surface area contributed by atoms with Gasteiger partial charge in [-0.3, -0.25) is 9.59 Å². The molecule has 2 aromatic rings. The third-order valence-corrected chi connectivity index (χ3v) is 5.03. The van der Waals surface area contributed by atoms with Crippen molar-refractivity contribution in [2.45, 2.75) is 19.3 Å². The van der Waals surface area contributed by atoms with Crippen molar-refractivity contribution < 1.29 is 14.3 Å². The summed E-state index contributed by atoms with van der Waals surface area (Å²) in [5.41, 5.74) is 3.85. The van der Waals surface area contributed by atoms with Gasteiger partial charge in [-0.15, -0.1) is 0 Å². The van der Waals surface area contributed by atoms with Crippen LogP contribution < -0.4 is 15.0 Å². The molecule has 2 atom stereocenters. The molecule has 0 radical (unpaired) electrons. The first kappa shape index (κ1) is 15.7. The molecule has 4 rings (SSSR count). The van der Waals surface area contributed by atoms with Crippen LogP contribution in [0.3, 0.4) is 0 Å². The average Bonchev–Trinajstić information content (AvgIpc) is 3.40. The van der Waals surface area contributed by atoms with Crippen LogP contribution in [0.25, 0.3) is 0 Å². The smallest absolute Gasteiger partial charge is 0.264 e. The lowest BCUT2D eigenvalue weighted by atomic mass is 10.0. The fraction of sp³-hybridized carbons (Fsp3) is 0.300. The molecule has 128 valence electrons. The molecule has 5 nitrogen and oxygen atoms in total. The van der Waals surface area contributed by atoms with Crippen molar-refractivity contribution in [1.82, 2.24) is 0 Å². The Balaban J connectivity index is 1.48. The van der Waals surface area contributed by atoms with Crippen LogP contribution in [0.2, 0.25) is 0 Å². The summed E-state index contributed by atoms with van der Waals surface area (Å²) in [6, 6.07) is 13.6. The second-order valence-corrected chi connectivity index (χ2v) is 6.72. The number of nitrogens with one attached hydrogen (secondary N) is 1. The maximum atomic E-state index is 12.6. The number of hydrogen-bond donors (Lipinski definition) is 1. The maximum Gasteiger partial charge on any atom is 0.264 e. The van der Waals surface area contributed by atoms with Crippen molar-refractivity contribution in [3.63, 3.8) is 0 Å². The summed E-state index contributed by atoms with van der Waals surface area (Å²) in [6.07, 6.45) is 0.878. The maximum absolute atomic E-state index is 12.6. The molecule has 0 unspecified atom stereocenters. The van der Waals surface area contributed by atoms with Crippen molar-refractivity contribution in [3.8, 4) is 5.75 Å². The van der Waals surface area contributed by atoms with Crippen LogP contribution >= 0.6 is 0 Å². The molecule has 1 aliphatic carbocycles. The number of carbonyl (C=O) groups is 2. The second-order valence-electron chi connectivity index (χ2n) is 6.72. The van der Waals surface area contributed by atoms with Gasteiger partial charge in [0.2, 0.25) is 5.91 Å². The highest BCUT2D eigenvalue weighted by atomic mass is 16.5. The van der Waals surface area contributed by atoms with Gasteiger partial charge in [0.05, 0.1) is 5.69 Å². The first-order valence-corrected chi connectivity index (χ1v) is 8.44. The Morgan fingerprint density at radius 1 is 1.24 bits per heavy atom. The summed E-state index contributed by atoms with van der Waals surface area (Å²) in [6.45, 7) is 2.13. The molecule has 5 heteroatoms. The number of rotatable bonds is 3. The van der Waals surface area contributed by atoms with E-state index in [1.54, 1.807) is 24.1 Å². The molecule has 2 aromatic carbocycles. The number of benzene rings is 2. The summed E-state index contributed by atoms with van der Waals surface area (Å²) in [4.78, 5) is 25.9. The molecular weight excluding hydrogens is 316 g/mol. The van der Waals surface area contributed by atoms with Gasteiger partial charge in [-0.1, -0.05) is 24.3 Å². The molecule has 1 heterocycles. The fourth-order valence-corrected chi connectivity index (χ4v) is 3.42. The largest absolute Gasteiger partial charge is 0.482 e. The zero-order valence-electron chi connectivity index (χ0n) is 14.3. The SMILES string of the molecule is Cc1ccccc1[C@H]1C[C@H]1C(=O)Nc1ccc2c(c1)N(C)C(=O)CO2. The Kier molecular flexibility index (Phi) is 3.71. The van der Waals surface area contributed by atoms with Gasteiger partial charge in [-0.05, 0) is 48.6 Å². The van der Waals surface area contributed by atoms with Crippen LogP contribution in [0, 0.1) is 12.8 Å². The number of aryl methyl sites for hydroxylation is 1. The predicted molar refractivity (Wildman–Crippen MR) is 96.0 cm³/mol. The molecular formula is C20H20N2O3. The van der Waals surface area contributed by atoms with Gasteiger partial charge in [0.25, 0.3) is 5.91 Å². The van der Waals surface area contributed by atoms with E-state index in [1.165, 1.54) is 11.1 Å². The summed E-state index contributed by atoms with van der Waals surface area (Å²) in [5.74, 6) is 0.889. The first-order chi connectivity index (χ1) is 12.0. The zero-order valence-corrected chi connectivity index (χ0v) is 14.3. The molecule has 1 saturated carbocycles.